The number of aryl methyl sites for hydroxylation is 1. The van der Waals surface area contributed by atoms with E-state index < -0.39 is 21.5 Å². The Hall–Kier alpha value is -3.18. The van der Waals surface area contributed by atoms with Crippen LogP contribution in [0.15, 0.2) is 35.2 Å². The fraction of sp³-hybridized carbons (Fsp3) is 0.480. The van der Waals surface area contributed by atoms with Crippen molar-refractivity contribution in [3.8, 4) is 0 Å². The van der Waals surface area contributed by atoms with Gasteiger partial charge in [-0.1, -0.05) is 5.57 Å². The number of pyridine rings is 1. The molecule has 0 unspecified atom stereocenters. The molecule has 3 aliphatic carbocycles. The van der Waals surface area contributed by atoms with Gasteiger partial charge in [0.05, 0.1) is 23.5 Å². The van der Waals surface area contributed by atoms with E-state index in [1.807, 2.05) is 19.1 Å². The smallest absolute Gasteiger partial charge is 0.264 e. The molecule has 2 aromatic rings. The first kappa shape index (κ1) is 24.5. The van der Waals surface area contributed by atoms with Gasteiger partial charge in [0.2, 0.25) is 5.04 Å². The highest BCUT2D eigenvalue weighted by atomic mass is 32.2. The summed E-state index contributed by atoms with van der Waals surface area (Å²) in [5.41, 5.74) is 5.76. The number of aromatic nitrogens is 3. The molecule has 2 atom stereocenters. The Morgan fingerprint density at radius 3 is 2.89 bits per heavy atom. The van der Waals surface area contributed by atoms with Crippen molar-refractivity contribution in [2.24, 2.45) is 16.4 Å². The highest BCUT2D eigenvalue weighted by Crippen LogP contribution is 2.51. The van der Waals surface area contributed by atoms with Crippen LogP contribution >= 0.6 is 0 Å². The minimum absolute atomic E-state index is 0.0889. The molecular weight excluding hydrogens is 478 g/mol. The lowest BCUT2D eigenvalue weighted by atomic mass is 9.60. The Labute approximate surface area is 210 Å². The van der Waals surface area contributed by atoms with Crippen LogP contribution in [-0.4, -0.2) is 64.6 Å². The molecule has 0 aromatic carbocycles. The maximum absolute atomic E-state index is 14.2. The van der Waals surface area contributed by atoms with Crippen molar-refractivity contribution >= 4 is 33.1 Å². The summed E-state index contributed by atoms with van der Waals surface area (Å²) in [5.74, 6) is 0.198. The van der Waals surface area contributed by atoms with Gasteiger partial charge in [0.25, 0.3) is 10.0 Å². The van der Waals surface area contributed by atoms with Crippen LogP contribution in [0.25, 0.3) is 6.08 Å². The summed E-state index contributed by atoms with van der Waals surface area (Å²) >= 11 is 0. The van der Waals surface area contributed by atoms with Crippen LogP contribution < -0.4 is 5.43 Å². The summed E-state index contributed by atoms with van der Waals surface area (Å²) < 4.78 is 28.9. The fourth-order valence-electron chi connectivity index (χ4n) is 5.54. The topological polar surface area (TPSA) is 144 Å². The second kappa shape index (κ2) is 9.36. The van der Waals surface area contributed by atoms with Gasteiger partial charge in [0.1, 0.15) is 5.69 Å². The number of carbonyl (C=O) groups is 1. The molecule has 10 nitrogen and oxygen atoms in total. The molecule has 3 N–H and O–H groups in total. The lowest BCUT2D eigenvalue weighted by Gasteiger charge is -2.46. The van der Waals surface area contributed by atoms with Crippen LogP contribution in [0.1, 0.15) is 59.4 Å². The van der Waals surface area contributed by atoms with E-state index in [0.717, 1.165) is 41.5 Å². The van der Waals surface area contributed by atoms with E-state index in [9.17, 15) is 13.2 Å². The number of fused-ring (bicyclic) bond motifs is 2. The summed E-state index contributed by atoms with van der Waals surface area (Å²) in [6, 6.07) is 3.25. The Morgan fingerprint density at radius 2 is 2.19 bits per heavy atom. The standard InChI is InChI=1S/C25H31N7O3S/c1-16-7-8-28-22(9-16)24(33)25-11-18-14-29-30-21(18)10-19(25)5-6-20(12-25)32(15-17-3-4-17)36(34,35)23(13-26)31-27-2/h7-10,13-14,17,20,26-27H,3-6,11-12,15H2,1-2H3,(H,29,30)/b26-13?,31-23+/t20-,25-/m0/s1. The van der Waals surface area contributed by atoms with Crippen LogP contribution in [0, 0.1) is 23.7 Å². The molecule has 0 spiro atoms. The third-order valence-electron chi connectivity index (χ3n) is 7.55. The zero-order chi connectivity index (χ0) is 25.5. The molecule has 0 radical (unpaired) electrons. The van der Waals surface area contributed by atoms with Gasteiger partial charge in [-0.05, 0) is 80.7 Å². The summed E-state index contributed by atoms with van der Waals surface area (Å²) in [5, 5.41) is 18.4. The van der Waals surface area contributed by atoms with Crippen LogP contribution in [0.5, 0.6) is 0 Å². The third kappa shape index (κ3) is 4.30. The Kier molecular flexibility index (Phi) is 6.37. The number of carbonyl (C=O) groups excluding carboxylic acids is 1. The SMILES string of the molecule is CN/N=C(\C=N)S(=O)(=O)N(CC1CC1)[C@H]1CCC2=Cc3[nH]ncc3C[C@]2(C(=O)c2cc(C)ccn2)C1. The van der Waals surface area contributed by atoms with E-state index in [1.165, 1.54) is 11.4 Å². The summed E-state index contributed by atoms with van der Waals surface area (Å²) in [7, 11) is -2.52. The van der Waals surface area contributed by atoms with Gasteiger partial charge in [0, 0.05) is 25.8 Å². The molecule has 0 saturated heterocycles. The van der Waals surface area contributed by atoms with Crippen molar-refractivity contribution in [3.63, 3.8) is 0 Å². The van der Waals surface area contributed by atoms with Crippen LogP contribution in [0.2, 0.25) is 0 Å². The number of aromatic amines is 1. The average Bonchev–Trinajstić information content (AvgIpc) is 3.59. The van der Waals surface area contributed by atoms with Gasteiger partial charge in [-0.15, -0.1) is 0 Å². The van der Waals surface area contributed by atoms with Crippen molar-refractivity contribution < 1.29 is 13.2 Å². The van der Waals surface area contributed by atoms with Gasteiger partial charge < -0.3 is 10.8 Å². The number of hydrazone groups is 1. The Balaban J connectivity index is 1.58. The predicted molar refractivity (Wildman–Crippen MR) is 137 cm³/mol. The fourth-order valence-corrected chi connectivity index (χ4v) is 7.12. The van der Waals surface area contributed by atoms with Crippen molar-refractivity contribution in [1.29, 1.82) is 5.41 Å². The van der Waals surface area contributed by atoms with E-state index in [0.29, 0.717) is 37.9 Å². The summed E-state index contributed by atoms with van der Waals surface area (Å²) in [4.78, 5) is 18.6. The van der Waals surface area contributed by atoms with Crippen LogP contribution in [-0.2, 0) is 16.4 Å². The molecule has 2 aromatic heterocycles. The minimum Gasteiger partial charge on any atom is -0.312 e. The number of H-pyrrole nitrogens is 1. The van der Waals surface area contributed by atoms with E-state index in [4.69, 9.17) is 5.41 Å². The van der Waals surface area contributed by atoms with Gasteiger partial charge >= 0.3 is 0 Å². The highest BCUT2D eigenvalue weighted by molar-refractivity contribution is 8.06. The lowest BCUT2D eigenvalue weighted by Crippen LogP contribution is -2.52. The molecule has 5 rings (SSSR count). The molecule has 2 heterocycles. The number of allylic oxidation sites excluding steroid dienone is 1. The molecule has 2 saturated carbocycles. The van der Waals surface area contributed by atoms with Gasteiger partial charge in [0.15, 0.2) is 5.78 Å². The maximum atomic E-state index is 14.2. The molecule has 3 aliphatic rings. The second-order valence-corrected chi connectivity index (χ2v) is 11.9. The van der Waals surface area contributed by atoms with Crippen molar-refractivity contribution in [2.45, 2.75) is 51.5 Å². The number of rotatable bonds is 8. The molecule has 190 valence electrons. The molecular formula is C25H31N7O3S. The number of Topliss-reactive ketones (excluding diaryl/α,β-unsaturated/α-hetero) is 1. The minimum atomic E-state index is -4.03. The Morgan fingerprint density at radius 1 is 1.39 bits per heavy atom. The van der Waals surface area contributed by atoms with E-state index in [2.05, 4.69) is 25.7 Å². The van der Waals surface area contributed by atoms with Gasteiger partial charge in [-0.2, -0.15) is 14.5 Å². The second-order valence-electron chi connectivity index (χ2n) is 10.0. The molecule has 2 fully saturated rings. The number of hydrogen-bond donors (Lipinski definition) is 3. The number of ketones is 1. The Bertz CT molecular complexity index is 1360. The maximum Gasteiger partial charge on any atom is 0.264 e. The number of nitrogens with zero attached hydrogens (tertiary/aromatic N) is 4. The highest BCUT2D eigenvalue weighted by Gasteiger charge is 2.52. The number of sulfonamides is 1. The number of nitrogens with one attached hydrogen (secondary N) is 3. The largest absolute Gasteiger partial charge is 0.312 e. The molecule has 0 aliphatic heterocycles. The van der Waals surface area contributed by atoms with Gasteiger partial charge in [-0.3, -0.25) is 14.9 Å². The van der Waals surface area contributed by atoms with E-state index in [1.54, 1.807) is 18.5 Å². The van der Waals surface area contributed by atoms with Gasteiger partial charge in [-0.25, -0.2) is 8.42 Å². The third-order valence-corrected chi connectivity index (χ3v) is 9.35. The van der Waals surface area contributed by atoms with Crippen molar-refractivity contribution in [3.05, 3.63) is 52.6 Å². The quantitative estimate of drug-likeness (QED) is 0.216. The number of hydrogen-bond acceptors (Lipinski definition) is 8. The monoisotopic (exact) mass is 509 g/mol. The first-order valence-electron chi connectivity index (χ1n) is 12.3. The zero-order valence-electron chi connectivity index (χ0n) is 20.5. The van der Waals surface area contributed by atoms with Crippen molar-refractivity contribution in [1.82, 2.24) is 24.9 Å². The normalized spacial score (nSPS) is 24.0. The first-order chi connectivity index (χ1) is 17.3. The predicted octanol–water partition coefficient (Wildman–Crippen LogP) is 2.70. The molecule has 36 heavy (non-hydrogen) atoms. The molecule has 11 heteroatoms. The van der Waals surface area contributed by atoms with Crippen molar-refractivity contribution in [2.75, 3.05) is 13.6 Å². The first-order valence-corrected chi connectivity index (χ1v) is 13.7. The average molecular weight is 510 g/mol. The summed E-state index contributed by atoms with van der Waals surface area (Å²) in [6.07, 6.45) is 10.1. The summed E-state index contributed by atoms with van der Waals surface area (Å²) in [6.45, 7) is 2.29. The van der Waals surface area contributed by atoms with Crippen LogP contribution in [0.4, 0.5) is 0 Å². The molecule has 0 bridgehead atoms. The van der Waals surface area contributed by atoms with E-state index in [-0.39, 0.29) is 16.7 Å². The van der Waals surface area contributed by atoms with E-state index >= 15 is 0 Å². The lowest BCUT2D eigenvalue weighted by molar-refractivity contribution is 0.0736. The zero-order valence-corrected chi connectivity index (χ0v) is 21.3. The molecule has 0 amide bonds. The van der Waals surface area contributed by atoms with Crippen LogP contribution in [0.3, 0.4) is 0 Å².